The highest BCUT2D eigenvalue weighted by molar-refractivity contribution is 8.00. The van der Waals surface area contributed by atoms with Crippen molar-refractivity contribution in [1.29, 1.82) is 0 Å². The zero-order chi connectivity index (χ0) is 24.9. The summed E-state index contributed by atoms with van der Waals surface area (Å²) < 4.78 is 10.5. The van der Waals surface area contributed by atoms with E-state index in [9.17, 15) is 24.3 Å². The van der Waals surface area contributed by atoms with E-state index >= 15 is 0 Å². The predicted molar refractivity (Wildman–Crippen MR) is 127 cm³/mol. The van der Waals surface area contributed by atoms with Gasteiger partial charge in [-0.05, 0) is 48.5 Å². The van der Waals surface area contributed by atoms with Gasteiger partial charge < -0.3 is 30.3 Å². The Balaban J connectivity index is 1.38. The first-order chi connectivity index (χ1) is 16.8. The van der Waals surface area contributed by atoms with Crippen molar-refractivity contribution in [2.24, 2.45) is 0 Å². The van der Waals surface area contributed by atoms with E-state index in [1.54, 1.807) is 42.5 Å². The minimum Gasteiger partial charge on any atom is -0.478 e. The molecule has 1 aliphatic heterocycles. The summed E-state index contributed by atoms with van der Waals surface area (Å²) in [4.78, 5) is 48.3. The van der Waals surface area contributed by atoms with Crippen LogP contribution < -0.4 is 20.1 Å². The molecule has 0 unspecified atom stereocenters. The van der Waals surface area contributed by atoms with Crippen LogP contribution in [0, 0.1) is 0 Å². The van der Waals surface area contributed by atoms with Gasteiger partial charge in [0.15, 0.2) is 11.5 Å². The fraction of sp³-hybridized carbons (Fsp3) is 0.0833. The molecular weight excluding hydrogens is 476 g/mol. The standard InChI is InChI=1S/C24H18N2O8S/c27-21(25-15-5-7-19-20(10-15)34-12-33-19)11-35-16-3-1-2-14(9-16)26-22(28)17-6-4-13(23(29)30)8-18(17)24(31)32/h1-10H,11-12H2,(H,25,27)(H,26,28)(H,29,30)(H,31,32). The average Bonchev–Trinajstić information content (AvgIpc) is 3.30. The van der Waals surface area contributed by atoms with Gasteiger partial charge in [0.2, 0.25) is 12.7 Å². The second-order valence-corrected chi connectivity index (χ2v) is 8.31. The molecule has 1 heterocycles. The van der Waals surface area contributed by atoms with E-state index in [1.807, 2.05) is 0 Å². The summed E-state index contributed by atoms with van der Waals surface area (Å²) in [7, 11) is 0. The maximum absolute atomic E-state index is 12.7. The summed E-state index contributed by atoms with van der Waals surface area (Å²) in [5, 5.41) is 23.8. The van der Waals surface area contributed by atoms with Gasteiger partial charge >= 0.3 is 11.9 Å². The van der Waals surface area contributed by atoms with Crippen LogP contribution in [-0.4, -0.2) is 46.5 Å². The van der Waals surface area contributed by atoms with Gasteiger partial charge in [-0.2, -0.15) is 0 Å². The quantitative estimate of drug-likeness (QED) is 0.343. The molecule has 10 nitrogen and oxygen atoms in total. The maximum Gasteiger partial charge on any atom is 0.336 e. The van der Waals surface area contributed by atoms with Gasteiger partial charge in [-0.15, -0.1) is 11.8 Å². The van der Waals surface area contributed by atoms with Crippen molar-refractivity contribution < 1.29 is 38.9 Å². The highest BCUT2D eigenvalue weighted by atomic mass is 32.2. The lowest BCUT2D eigenvalue weighted by Gasteiger charge is -2.10. The van der Waals surface area contributed by atoms with Gasteiger partial charge in [-0.3, -0.25) is 9.59 Å². The first-order valence-electron chi connectivity index (χ1n) is 10.1. The number of rotatable bonds is 8. The lowest BCUT2D eigenvalue weighted by atomic mass is 10.0. The number of hydrogen-bond donors (Lipinski definition) is 4. The van der Waals surface area contributed by atoms with Gasteiger partial charge in [0.25, 0.3) is 5.91 Å². The van der Waals surface area contributed by atoms with Crippen molar-refractivity contribution in [2.75, 3.05) is 23.2 Å². The largest absolute Gasteiger partial charge is 0.478 e. The van der Waals surface area contributed by atoms with Crippen LogP contribution in [0.4, 0.5) is 11.4 Å². The molecular formula is C24H18N2O8S. The fourth-order valence-electron chi connectivity index (χ4n) is 3.23. The van der Waals surface area contributed by atoms with E-state index in [0.717, 1.165) is 18.2 Å². The molecule has 0 bridgehead atoms. The molecule has 0 spiro atoms. The van der Waals surface area contributed by atoms with E-state index in [-0.39, 0.29) is 29.6 Å². The Morgan fingerprint density at radius 3 is 2.34 bits per heavy atom. The van der Waals surface area contributed by atoms with Crippen molar-refractivity contribution in [3.63, 3.8) is 0 Å². The number of carbonyl (C=O) groups excluding carboxylic acids is 2. The third-order valence-electron chi connectivity index (χ3n) is 4.86. The lowest BCUT2D eigenvalue weighted by molar-refractivity contribution is -0.113. The van der Waals surface area contributed by atoms with Crippen molar-refractivity contribution in [3.05, 3.63) is 77.4 Å². The molecule has 0 saturated carbocycles. The van der Waals surface area contributed by atoms with Gasteiger partial charge in [-0.25, -0.2) is 9.59 Å². The van der Waals surface area contributed by atoms with Crippen LogP contribution in [0.1, 0.15) is 31.1 Å². The van der Waals surface area contributed by atoms with Crippen molar-refractivity contribution in [1.82, 2.24) is 0 Å². The van der Waals surface area contributed by atoms with Crippen LogP contribution >= 0.6 is 11.8 Å². The Bertz CT molecular complexity index is 1340. The number of thioether (sulfide) groups is 1. The highest BCUT2D eigenvalue weighted by Gasteiger charge is 2.19. The van der Waals surface area contributed by atoms with Crippen LogP contribution in [0.15, 0.2) is 65.6 Å². The average molecular weight is 494 g/mol. The molecule has 2 amide bonds. The molecule has 0 atom stereocenters. The molecule has 4 rings (SSSR count). The number of amides is 2. The molecule has 0 saturated heterocycles. The van der Waals surface area contributed by atoms with E-state index in [4.69, 9.17) is 14.6 Å². The normalized spacial score (nSPS) is 11.5. The number of fused-ring (bicyclic) bond motifs is 1. The molecule has 3 aromatic rings. The second kappa shape index (κ2) is 10.2. The van der Waals surface area contributed by atoms with E-state index in [2.05, 4.69) is 10.6 Å². The number of carboxylic acid groups (broad SMARTS) is 2. The SMILES string of the molecule is O=C(CSc1cccc(NC(=O)c2ccc(C(=O)O)cc2C(=O)O)c1)Nc1ccc2c(c1)OCO2. The molecule has 0 radical (unpaired) electrons. The Hall–Kier alpha value is -4.51. The highest BCUT2D eigenvalue weighted by Crippen LogP contribution is 2.34. The second-order valence-electron chi connectivity index (χ2n) is 7.26. The molecule has 11 heteroatoms. The number of nitrogens with one attached hydrogen (secondary N) is 2. The summed E-state index contributed by atoms with van der Waals surface area (Å²) >= 11 is 1.24. The lowest BCUT2D eigenvalue weighted by Crippen LogP contribution is -2.17. The Labute approximate surface area is 202 Å². The summed E-state index contributed by atoms with van der Waals surface area (Å²) in [6.45, 7) is 0.140. The van der Waals surface area contributed by atoms with Crippen LogP contribution in [-0.2, 0) is 4.79 Å². The minimum absolute atomic E-state index is 0.103. The summed E-state index contributed by atoms with van der Waals surface area (Å²) in [5.41, 5.74) is 0.118. The first kappa shape index (κ1) is 23.6. The smallest absolute Gasteiger partial charge is 0.336 e. The number of ether oxygens (including phenoxy) is 2. The molecule has 0 aliphatic carbocycles. The Morgan fingerprint density at radius 1 is 0.800 bits per heavy atom. The van der Waals surface area contributed by atoms with Gasteiger partial charge in [-0.1, -0.05) is 6.07 Å². The predicted octanol–water partition coefficient (Wildman–Crippen LogP) is 3.79. The molecule has 178 valence electrons. The van der Waals surface area contributed by atoms with E-state index in [1.165, 1.54) is 11.8 Å². The van der Waals surface area contributed by atoms with Crippen LogP contribution in [0.5, 0.6) is 11.5 Å². The Kier molecular flexibility index (Phi) is 6.88. The topological polar surface area (TPSA) is 151 Å². The maximum atomic E-state index is 12.7. The van der Waals surface area contributed by atoms with Gasteiger partial charge in [0, 0.05) is 22.3 Å². The minimum atomic E-state index is -1.42. The zero-order valence-electron chi connectivity index (χ0n) is 17.9. The van der Waals surface area contributed by atoms with Crippen LogP contribution in [0.3, 0.4) is 0 Å². The monoisotopic (exact) mass is 494 g/mol. The van der Waals surface area contributed by atoms with Gasteiger partial charge in [0.05, 0.1) is 22.4 Å². The summed E-state index contributed by atoms with van der Waals surface area (Å²) in [6, 6.07) is 15.0. The van der Waals surface area contributed by atoms with E-state index < -0.39 is 23.4 Å². The molecule has 3 aromatic carbocycles. The molecule has 35 heavy (non-hydrogen) atoms. The third-order valence-corrected chi connectivity index (χ3v) is 5.85. The number of benzene rings is 3. The van der Waals surface area contributed by atoms with Crippen molar-refractivity contribution in [3.8, 4) is 11.5 Å². The Morgan fingerprint density at radius 2 is 1.57 bits per heavy atom. The molecule has 0 fully saturated rings. The first-order valence-corrected chi connectivity index (χ1v) is 11.1. The van der Waals surface area contributed by atoms with Gasteiger partial charge in [0.1, 0.15) is 0 Å². The van der Waals surface area contributed by atoms with Crippen LogP contribution in [0.2, 0.25) is 0 Å². The van der Waals surface area contributed by atoms with Crippen molar-refractivity contribution >= 4 is 46.9 Å². The molecule has 4 N–H and O–H groups in total. The van der Waals surface area contributed by atoms with Crippen molar-refractivity contribution in [2.45, 2.75) is 4.90 Å². The number of carbonyl (C=O) groups is 4. The van der Waals surface area contributed by atoms with Crippen LogP contribution in [0.25, 0.3) is 0 Å². The number of anilines is 2. The number of hydrogen-bond acceptors (Lipinski definition) is 7. The summed E-state index contributed by atoms with van der Waals surface area (Å²) in [6.07, 6.45) is 0. The molecule has 1 aliphatic rings. The number of aromatic carboxylic acids is 2. The third kappa shape index (κ3) is 5.71. The van der Waals surface area contributed by atoms with E-state index in [0.29, 0.717) is 27.8 Å². The molecule has 0 aromatic heterocycles. The summed E-state index contributed by atoms with van der Waals surface area (Å²) in [5.74, 6) is -2.39. The zero-order valence-corrected chi connectivity index (χ0v) is 18.8. The fourth-order valence-corrected chi connectivity index (χ4v) is 3.99. The number of carboxylic acids is 2.